The van der Waals surface area contributed by atoms with Gasteiger partial charge < -0.3 is 14.8 Å². The van der Waals surface area contributed by atoms with Crippen molar-refractivity contribution in [3.63, 3.8) is 0 Å². The van der Waals surface area contributed by atoms with Gasteiger partial charge in [-0.15, -0.1) is 0 Å². The lowest BCUT2D eigenvalue weighted by Crippen LogP contribution is -2.34. The lowest BCUT2D eigenvalue weighted by Gasteiger charge is -2.26. The Morgan fingerprint density at radius 2 is 2.21 bits per heavy atom. The maximum absolute atomic E-state index is 14.0. The number of halogens is 2. The van der Waals surface area contributed by atoms with Crippen LogP contribution in [-0.4, -0.2) is 40.9 Å². The van der Waals surface area contributed by atoms with Crippen LogP contribution in [0.2, 0.25) is 5.02 Å². The molecule has 0 saturated carbocycles. The summed E-state index contributed by atoms with van der Waals surface area (Å²) < 4.78 is 30.5. The third-order valence-electron chi connectivity index (χ3n) is 4.26. The molecule has 3 aromatic rings. The minimum Gasteiger partial charge on any atom is -0.469 e. The van der Waals surface area contributed by atoms with Crippen LogP contribution in [0.1, 0.15) is 11.7 Å². The van der Waals surface area contributed by atoms with Crippen LogP contribution >= 0.6 is 11.6 Å². The first-order valence-corrected chi connectivity index (χ1v) is 8.95. The molecule has 0 amide bonds. The Morgan fingerprint density at radius 1 is 1.32 bits per heavy atom. The largest absolute Gasteiger partial charge is 0.469 e. The van der Waals surface area contributed by atoms with Gasteiger partial charge in [0.2, 0.25) is 5.88 Å². The van der Waals surface area contributed by atoms with Gasteiger partial charge in [-0.2, -0.15) is 0 Å². The van der Waals surface area contributed by atoms with Crippen molar-refractivity contribution in [3.05, 3.63) is 63.5 Å². The number of nitrogens with one attached hydrogen (secondary N) is 2. The first kappa shape index (κ1) is 18.6. The molecule has 1 aromatic carbocycles. The minimum absolute atomic E-state index is 0.0370. The maximum atomic E-state index is 14.0. The molecule has 0 radical (unpaired) electrons. The maximum Gasteiger partial charge on any atom is 0.439 e. The topological polar surface area (TPSA) is 102 Å². The van der Waals surface area contributed by atoms with Gasteiger partial charge in [0.1, 0.15) is 18.0 Å². The predicted octanol–water partition coefficient (Wildman–Crippen LogP) is 2.33. The molecule has 8 nitrogen and oxygen atoms in total. The summed E-state index contributed by atoms with van der Waals surface area (Å²) in [7, 11) is 0. The fourth-order valence-corrected chi connectivity index (χ4v) is 3.09. The number of aromatic amines is 1. The number of rotatable bonds is 4. The molecule has 0 spiro atoms. The second kappa shape index (κ2) is 8.09. The summed E-state index contributed by atoms with van der Waals surface area (Å²) in [5.41, 5.74) is 1.06. The Morgan fingerprint density at radius 3 is 3.00 bits per heavy atom. The van der Waals surface area contributed by atoms with Gasteiger partial charge in [-0.25, -0.2) is 14.2 Å². The summed E-state index contributed by atoms with van der Waals surface area (Å²) in [4.78, 5) is 18.0. The summed E-state index contributed by atoms with van der Waals surface area (Å²) in [5.74, 6) is -0.773. The molecule has 0 unspecified atom stereocenters. The van der Waals surface area contributed by atoms with Gasteiger partial charge in [0.15, 0.2) is 5.82 Å². The van der Waals surface area contributed by atoms with Crippen molar-refractivity contribution in [1.82, 2.24) is 20.4 Å². The summed E-state index contributed by atoms with van der Waals surface area (Å²) in [5, 5.41) is 6.94. The quantitative estimate of drug-likeness (QED) is 0.685. The number of benzene rings is 1. The monoisotopic (exact) mass is 406 g/mol. The third kappa shape index (κ3) is 3.91. The molecular formula is C18H16ClFN4O4. The Labute approximate surface area is 163 Å². The molecule has 10 heteroatoms. The van der Waals surface area contributed by atoms with E-state index in [2.05, 4.69) is 25.0 Å². The van der Waals surface area contributed by atoms with E-state index in [0.29, 0.717) is 30.8 Å². The van der Waals surface area contributed by atoms with Gasteiger partial charge in [0.25, 0.3) is 0 Å². The van der Waals surface area contributed by atoms with Gasteiger partial charge in [0, 0.05) is 19.3 Å². The number of pyridine rings is 1. The molecule has 2 atom stereocenters. The van der Waals surface area contributed by atoms with Crippen LogP contribution in [0.25, 0.3) is 11.4 Å². The van der Waals surface area contributed by atoms with Crippen LogP contribution in [-0.2, 0) is 4.74 Å². The highest BCUT2D eigenvalue weighted by Gasteiger charge is 2.30. The molecule has 2 N–H and O–H groups in total. The number of aromatic nitrogens is 3. The van der Waals surface area contributed by atoms with Crippen molar-refractivity contribution in [2.75, 3.05) is 19.7 Å². The smallest absolute Gasteiger partial charge is 0.439 e. The van der Waals surface area contributed by atoms with Crippen molar-refractivity contribution in [2.24, 2.45) is 0 Å². The summed E-state index contributed by atoms with van der Waals surface area (Å²) in [6.45, 7) is 1.50. The van der Waals surface area contributed by atoms with Crippen molar-refractivity contribution in [3.8, 4) is 17.3 Å². The van der Waals surface area contributed by atoms with Crippen LogP contribution in [0, 0.1) is 5.82 Å². The van der Waals surface area contributed by atoms with E-state index in [1.54, 1.807) is 24.4 Å². The molecule has 0 bridgehead atoms. The van der Waals surface area contributed by atoms with Gasteiger partial charge in [-0.05, 0) is 29.8 Å². The lowest BCUT2D eigenvalue weighted by molar-refractivity contribution is -0.00996. The van der Waals surface area contributed by atoms with Gasteiger partial charge in [-0.1, -0.05) is 22.8 Å². The number of nitrogens with zero attached hydrogens (tertiary/aromatic N) is 2. The van der Waals surface area contributed by atoms with E-state index in [1.165, 1.54) is 12.1 Å². The van der Waals surface area contributed by atoms with E-state index >= 15 is 0 Å². The second-order valence-electron chi connectivity index (χ2n) is 6.13. The predicted molar refractivity (Wildman–Crippen MR) is 97.7 cm³/mol. The van der Waals surface area contributed by atoms with Gasteiger partial charge in [-0.3, -0.25) is 9.51 Å². The molecule has 2 aromatic heterocycles. The summed E-state index contributed by atoms with van der Waals surface area (Å²) >= 11 is 5.79. The zero-order valence-corrected chi connectivity index (χ0v) is 15.3. The van der Waals surface area contributed by atoms with E-state index in [-0.39, 0.29) is 16.7 Å². The highest BCUT2D eigenvalue weighted by Crippen LogP contribution is 2.31. The normalized spacial score (nSPS) is 19.9. The van der Waals surface area contributed by atoms with Crippen molar-refractivity contribution < 1.29 is 18.4 Å². The van der Waals surface area contributed by atoms with Crippen molar-refractivity contribution in [1.29, 1.82) is 0 Å². The van der Waals surface area contributed by atoms with E-state index < -0.39 is 23.8 Å². The minimum atomic E-state index is -0.682. The van der Waals surface area contributed by atoms with Crippen LogP contribution in [0.3, 0.4) is 0 Å². The van der Waals surface area contributed by atoms with E-state index in [9.17, 15) is 9.18 Å². The fraction of sp³-hybridized carbons (Fsp3) is 0.278. The molecule has 0 aliphatic carbocycles. The van der Waals surface area contributed by atoms with Crippen molar-refractivity contribution in [2.45, 2.75) is 12.2 Å². The zero-order valence-electron chi connectivity index (χ0n) is 14.5. The van der Waals surface area contributed by atoms with Gasteiger partial charge >= 0.3 is 5.76 Å². The zero-order chi connectivity index (χ0) is 19.5. The Balaban J connectivity index is 1.66. The fourth-order valence-electron chi connectivity index (χ4n) is 2.97. The Hall–Kier alpha value is -2.75. The van der Waals surface area contributed by atoms with Gasteiger partial charge in [0.05, 0.1) is 17.2 Å². The Kier molecular flexibility index (Phi) is 5.38. The first-order chi connectivity index (χ1) is 13.6. The van der Waals surface area contributed by atoms with E-state index in [4.69, 9.17) is 21.1 Å². The summed E-state index contributed by atoms with van der Waals surface area (Å²) in [6.07, 6.45) is 0.488. The molecule has 1 saturated heterocycles. The third-order valence-corrected chi connectivity index (χ3v) is 4.57. The van der Waals surface area contributed by atoms with Crippen molar-refractivity contribution >= 4 is 11.6 Å². The average molecular weight is 407 g/mol. The molecule has 3 heterocycles. The lowest BCUT2D eigenvalue weighted by atomic mass is 10.0. The van der Waals surface area contributed by atoms with E-state index in [0.717, 1.165) is 0 Å². The summed E-state index contributed by atoms with van der Waals surface area (Å²) in [6, 6.07) is 7.90. The molecule has 146 valence electrons. The average Bonchev–Trinajstić information content (AvgIpc) is 2.99. The number of ether oxygens (including phenoxy) is 2. The Bertz CT molecular complexity index is 1020. The molecule has 4 rings (SSSR count). The van der Waals surface area contributed by atoms with Crippen LogP contribution in [0.15, 0.2) is 45.8 Å². The highest BCUT2D eigenvalue weighted by molar-refractivity contribution is 6.30. The van der Waals surface area contributed by atoms with Crippen LogP contribution in [0.5, 0.6) is 5.88 Å². The van der Waals surface area contributed by atoms with Crippen LogP contribution in [0.4, 0.5) is 4.39 Å². The molecule has 1 fully saturated rings. The molecule has 1 aliphatic rings. The second-order valence-corrected chi connectivity index (χ2v) is 6.53. The molecule has 1 aliphatic heterocycles. The van der Waals surface area contributed by atoms with E-state index in [1.807, 2.05) is 0 Å². The molecular weight excluding hydrogens is 391 g/mol. The highest BCUT2D eigenvalue weighted by atomic mass is 35.5. The molecule has 28 heavy (non-hydrogen) atoms. The number of hydrogen-bond acceptors (Lipinski definition) is 7. The SMILES string of the molecule is O=c1[nH]c(-c2cccnc2O[C@H]2CNCCO[C@H]2c2ccc(Cl)c(F)c2)no1. The number of hydrogen-bond donors (Lipinski definition) is 2. The van der Waals surface area contributed by atoms with Crippen LogP contribution < -0.4 is 15.8 Å². The number of H-pyrrole nitrogens is 1. The first-order valence-electron chi connectivity index (χ1n) is 8.57. The standard InChI is InChI=1S/C18H16ClFN4O4/c19-12-4-3-10(8-13(12)20)15-14(9-21-6-7-26-15)27-17-11(2-1-5-22-17)16-23-18(25)28-24-16/h1-5,8,14-15,21H,6-7,9H2,(H,23,24,25)/t14-,15-/m0/s1.